The van der Waals surface area contributed by atoms with Gasteiger partial charge >= 0.3 is 0 Å². The van der Waals surface area contributed by atoms with Crippen LogP contribution in [-0.4, -0.2) is 15.7 Å². The van der Waals surface area contributed by atoms with Crippen molar-refractivity contribution in [2.75, 3.05) is 5.32 Å². The number of benzene rings is 1. The fourth-order valence-electron chi connectivity index (χ4n) is 1.65. The van der Waals surface area contributed by atoms with Crippen LogP contribution in [0, 0.1) is 12.7 Å². The first kappa shape index (κ1) is 13.7. The van der Waals surface area contributed by atoms with Crippen LogP contribution in [0.5, 0.6) is 0 Å². The number of anilines is 1. The molecule has 1 N–H and O–H groups in total. The van der Waals surface area contributed by atoms with Crippen LogP contribution in [0.3, 0.4) is 0 Å². The van der Waals surface area contributed by atoms with Crippen LogP contribution in [0.1, 0.15) is 18.5 Å². The average Bonchev–Trinajstić information content (AvgIpc) is 2.88. The smallest absolute Gasteiger partial charge is 0.248 e. The number of aryl methyl sites for hydroxylation is 1. The number of hydrogen-bond donors (Lipinski definition) is 1. The number of hydrogen-bond acceptors (Lipinski definition) is 2. The summed E-state index contributed by atoms with van der Waals surface area (Å²) in [6, 6.07) is 4.25. The number of carbonyl (C=O) groups is 1. The van der Waals surface area contributed by atoms with Crippen molar-refractivity contribution in [3.63, 3.8) is 0 Å². The standard InChI is InChI=1S/C13H13BrFN3O/c1-8-6-11(15)10(14)7-12(8)17-13(19)9(2)18-5-3-4-16-18/h3-7,9H,1-2H3,(H,17,19). The maximum atomic E-state index is 13.3. The molecule has 6 heteroatoms. The molecule has 4 nitrogen and oxygen atoms in total. The zero-order valence-corrected chi connectivity index (χ0v) is 12.1. The van der Waals surface area contributed by atoms with E-state index in [2.05, 4.69) is 26.3 Å². The van der Waals surface area contributed by atoms with Crippen LogP contribution >= 0.6 is 15.9 Å². The summed E-state index contributed by atoms with van der Waals surface area (Å²) < 4.78 is 15.2. The van der Waals surface area contributed by atoms with Gasteiger partial charge in [0.15, 0.2) is 0 Å². The van der Waals surface area contributed by atoms with Crippen molar-refractivity contribution in [1.29, 1.82) is 0 Å². The Labute approximate surface area is 118 Å². The van der Waals surface area contributed by atoms with Gasteiger partial charge in [-0.1, -0.05) is 0 Å². The van der Waals surface area contributed by atoms with Gasteiger partial charge in [0.1, 0.15) is 11.9 Å². The molecule has 0 fully saturated rings. The second kappa shape index (κ2) is 5.52. The lowest BCUT2D eigenvalue weighted by Crippen LogP contribution is -2.24. The summed E-state index contributed by atoms with van der Waals surface area (Å²) >= 11 is 3.10. The van der Waals surface area contributed by atoms with Crippen LogP contribution in [0.4, 0.5) is 10.1 Å². The summed E-state index contributed by atoms with van der Waals surface area (Å²) in [4.78, 5) is 12.1. The van der Waals surface area contributed by atoms with E-state index < -0.39 is 6.04 Å². The molecule has 1 amide bonds. The Bertz CT molecular complexity index is 598. The molecule has 0 spiro atoms. The fraction of sp³-hybridized carbons (Fsp3) is 0.231. The zero-order valence-electron chi connectivity index (χ0n) is 10.5. The topological polar surface area (TPSA) is 46.9 Å². The number of aromatic nitrogens is 2. The van der Waals surface area contributed by atoms with E-state index in [1.807, 2.05) is 0 Å². The largest absolute Gasteiger partial charge is 0.324 e. The molecule has 1 aromatic carbocycles. The molecule has 2 rings (SSSR count). The number of nitrogens with zero attached hydrogens (tertiary/aromatic N) is 2. The van der Waals surface area contributed by atoms with E-state index in [1.165, 1.54) is 6.07 Å². The molecule has 0 aliphatic rings. The van der Waals surface area contributed by atoms with E-state index >= 15 is 0 Å². The van der Waals surface area contributed by atoms with Gasteiger partial charge in [-0.05, 0) is 53.5 Å². The van der Waals surface area contributed by atoms with E-state index in [9.17, 15) is 9.18 Å². The first-order valence-corrected chi connectivity index (χ1v) is 6.54. The fourth-order valence-corrected chi connectivity index (χ4v) is 1.99. The van der Waals surface area contributed by atoms with E-state index in [0.717, 1.165) is 0 Å². The normalized spacial score (nSPS) is 12.2. The molecule has 0 saturated carbocycles. The van der Waals surface area contributed by atoms with Crippen molar-refractivity contribution < 1.29 is 9.18 Å². The maximum absolute atomic E-state index is 13.3. The summed E-state index contributed by atoms with van der Waals surface area (Å²) in [5.41, 5.74) is 1.25. The van der Waals surface area contributed by atoms with Gasteiger partial charge in [0.2, 0.25) is 5.91 Å². The molecular formula is C13H13BrFN3O. The van der Waals surface area contributed by atoms with Crippen molar-refractivity contribution in [3.05, 3.63) is 46.4 Å². The Hall–Kier alpha value is -1.69. The molecule has 1 unspecified atom stereocenters. The number of halogens is 2. The maximum Gasteiger partial charge on any atom is 0.248 e. The molecule has 0 saturated heterocycles. The number of amides is 1. The summed E-state index contributed by atoms with van der Waals surface area (Å²) in [5.74, 6) is -0.555. The number of carbonyl (C=O) groups excluding carboxylic acids is 1. The summed E-state index contributed by atoms with van der Waals surface area (Å²) in [6.07, 6.45) is 3.33. The highest BCUT2D eigenvalue weighted by Gasteiger charge is 2.16. The van der Waals surface area contributed by atoms with Gasteiger partial charge < -0.3 is 5.32 Å². The summed E-state index contributed by atoms with van der Waals surface area (Å²) in [7, 11) is 0. The van der Waals surface area contributed by atoms with E-state index in [1.54, 1.807) is 43.1 Å². The first-order valence-electron chi connectivity index (χ1n) is 5.74. The van der Waals surface area contributed by atoms with Crippen LogP contribution in [0.15, 0.2) is 35.1 Å². The van der Waals surface area contributed by atoms with Gasteiger partial charge in [0.25, 0.3) is 0 Å². The van der Waals surface area contributed by atoms with E-state index in [4.69, 9.17) is 0 Å². The highest BCUT2D eigenvalue weighted by atomic mass is 79.9. The molecule has 0 aliphatic heterocycles. The number of nitrogens with one attached hydrogen (secondary N) is 1. The van der Waals surface area contributed by atoms with Gasteiger partial charge in [-0.25, -0.2) is 4.39 Å². The molecule has 0 radical (unpaired) electrons. The highest BCUT2D eigenvalue weighted by Crippen LogP contribution is 2.24. The van der Waals surface area contributed by atoms with Crippen LogP contribution in [0.2, 0.25) is 0 Å². The lowest BCUT2D eigenvalue weighted by Gasteiger charge is -2.14. The van der Waals surface area contributed by atoms with Gasteiger partial charge in [-0.3, -0.25) is 9.48 Å². The Balaban J connectivity index is 2.17. The van der Waals surface area contributed by atoms with Gasteiger partial charge in [0, 0.05) is 18.1 Å². The van der Waals surface area contributed by atoms with Crippen LogP contribution in [0.25, 0.3) is 0 Å². The average molecular weight is 326 g/mol. The van der Waals surface area contributed by atoms with Gasteiger partial charge in [-0.15, -0.1) is 0 Å². The lowest BCUT2D eigenvalue weighted by atomic mass is 10.2. The second-order valence-electron chi connectivity index (χ2n) is 4.23. The molecule has 1 aromatic heterocycles. The van der Waals surface area contributed by atoms with Crippen LogP contribution < -0.4 is 5.32 Å². The van der Waals surface area contributed by atoms with E-state index in [-0.39, 0.29) is 11.7 Å². The first-order chi connectivity index (χ1) is 8.99. The zero-order chi connectivity index (χ0) is 14.0. The minimum absolute atomic E-state index is 0.203. The highest BCUT2D eigenvalue weighted by molar-refractivity contribution is 9.10. The van der Waals surface area contributed by atoms with Crippen molar-refractivity contribution in [3.8, 4) is 0 Å². The van der Waals surface area contributed by atoms with Gasteiger partial charge in [0.05, 0.1) is 4.47 Å². The minimum atomic E-state index is -0.432. The summed E-state index contributed by atoms with van der Waals surface area (Å²) in [6.45, 7) is 3.49. The predicted molar refractivity (Wildman–Crippen MR) is 74.4 cm³/mol. The van der Waals surface area contributed by atoms with Crippen molar-refractivity contribution in [2.24, 2.45) is 0 Å². The predicted octanol–water partition coefficient (Wildman–Crippen LogP) is 3.29. The molecular weight excluding hydrogens is 313 g/mol. The monoisotopic (exact) mass is 325 g/mol. The molecule has 100 valence electrons. The molecule has 2 aromatic rings. The second-order valence-corrected chi connectivity index (χ2v) is 5.09. The van der Waals surface area contributed by atoms with Crippen molar-refractivity contribution in [2.45, 2.75) is 19.9 Å². The Kier molecular flexibility index (Phi) is 3.99. The molecule has 19 heavy (non-hydrogen) atoms. The summed E-state index contributed by atoms with van der Waals surface area (Å²) in [5, 5.41) is 6.79. The van der Waals surface area contributed by atoms with Crippen LogP contribution in [-0.2, 0) is 4.79 Å². The SMILES string of the molecule is Cc1cc(F)c(Br)cc1NC(=O)C(C)n1cccn1. The van der Waals surface area contributed by atoms with Crippen molar-refractivity contribution in [1.82, 2.24) is 9.78 Å². The third-order valence-corrected chi connectivity index (χ3v) is 3.43. The van der Waals surface area contributed by atoms with E-state index in [0.29, 0.717) is 15.7 Å². The van der Waals surface area contributed by atoms with Gasteiger partial charge in [-0.2, -0.15) is 5.10 Å². The third-order valence-electron chi connectivity index (χ3n) is 2.83. The molecule has 1 heterocycles. The Morgan fingerprint density at radius 3 is 2.89 bits per heavy atom. The minimum Gasteiger partial charge on any atom is -0.324 e. The Morgan fingerprint density at radius 2 is 2.26 bits per heavy atom. The molecule has 0 aliphatic carbocycles. The Morgan fingerprint density at radius 1 is 1.53 bits per heavy atom. The molecule has 0 bridgehead atoms. The molecule has 1 atom stereocenters. The number of rotatable bonds is 3. The quantitative estimate of drug-likeness (QED) is 0.941. The lowest BCUT2D eigenvalue weighted by molar-refractivity contribution is -0.119. The van der Waals surface area contributed by atoms with Crippen molar-refractivity contribution >= 4 is 27.5 Å². The third kappa shape index (κ3) is 3.01.